The molecule has 0 radical (unpaired) electrons. The van der Waals surface area contributed by atoms with Crippen LogP contribution in [0.3, 0.4) is 0 Å². The minimum absolute atomic E-state index is 0.451. The molecule has 3 nitrogen and oxygen atoms in total. The van der Waals surface area contributed by atoms with Gasteiger partial charge in [0.2, 0.25) is 0 Å². The van der Waals surface area contributed by atoms with E-state index >= 15 is 0 Å². The maximum absolute atomic E-state index is 5.78. The summed E-state index contributed by atoms with van der Waals surface area (Å²) in [5.74, 6) is 1.75. The average molecular weight is 310 g/mol. The molecule has 2 rings (SSSR count). The third-order valence-electron chi connectivity index (χ3n) is 2.70. The Balaban J connectivity index is 2.04. The van der Waals surface area contributed by atoms with Crippen LogP contribution in [0.4, 0.5) is 0 Å². The number of aryl methyl sites for hydroxylation is 1. The summed E-state index contributed by atoms with van der Waals surface area (Å²) < 4.78 is 12.3. The summed E-state index contributed by atoms with van der Waals surface area (Å²) >= 11 is 3.44. The average Bonchev–Trinajstić information content (AvgIpc) is 2.76. The van der Waals surface area contributed by atoms with Gasteiger partial charge in [-0.25, -0.2) is 0 Å². The van der Waals surface area contributed by atoms with Crippen molar-refractivity contribution < 1.29 is 9.15 Å². The summed E-state index contributed by atoms with van der Waals surface area (Å²) in [6.45, 7) is 3.26. The minimum Gasteiger partial charge on any atom is -0.485 e. The van der Waals surface area contributed by atoms with Crippen molar-refractivity contribution in [1.82, 2.24) is 5.32 Å². The quantitative estimate of drug-likeness (QED) is 0.915. The molecule has 0 spiro atoms. The molecule has 0 amide bonds. The van der Waals surface area contributed by atoms with E-state index < -0.39 is 0 Å². The van der Waals surface area contributed by atoms with E-state index in [2.05, 4.69) is 21.2 Å². The summed E-state index contributed by atoms with van der Waals surface area (Å²) in [4.78, 5) is 0. The Morgan fingerprint density at radius 1 is 1.33 bits per heavy atom. The van der Waals surface area contributed by atoms with Crippen molar-refractivity contribution in [2.45, 2.75) is 20.1 Å². The molecule has 1 heterocycles. The van der Waals surface area contributed by atoms with Crippen LogP contribution in [0.25, 0.3) is 0 Å². The Hall–Kier alpha value is -1.26. The zero-order valence-electron chi connectivity index (χ0n) is 10.5. The van der Waals surface area contributed by atoms with Crippen molar-refractivity contribution in [3.8, 4) is 5.75 Å². The highest BCUT2D eigenvalue weighted by atomic mass is 79.9. The molecule has 0 aliphatic carbocycles. The molecule has 1 aromatic heterocycles. The SMILES string of the molecule is CNCc1ccoc1COc1ccc(Br)cc1C. The van der Waals surface area contributed by atoms with E-state index in [1.54, 1.807) is 6.26 Å². The third kappa shape index (κ3) is 3.15. The Labute approximate surface area is 115 Å². The van der Waals surface area contributed by atoms with Gasteiger partial charge in [-0.15, -0.1) is 0 Å². The molecule has 1 N–H and O–H groups in total. The Kier molecular flexibility index (Phi) is 4.44. The highest BCUT2D eigenvalue weighted by Gasteiger charge is 2.07. The highest BCUT2D eigenvalue weighted by molar-refractivity contribution is 9.10. The van der Waals surface area contributed by atoms with Gasteiger partial charge in [-0.2, -0.15) is 0 Å². The van der Waals surface area contributed by atoms with Crippen molar-refractivity contribution in [3.63, 3.8) is 0 Å². The van der Waals surface area contributed by atoms with E-state index in [1.807, 2.05) is 38.2 Å². The van der Waals surface area contributed by atoms with Crippen LogP contribution in [0.5, 0.6) is 5.75 Å². The van der Waals surface area contributed by atoms with E-state index in [-0.39, 0.29) is 0 Å². The van der Waals surface area contributed by atoms with Crippen LogP contribution < -0.4 is 10.1 Å². The molecular weight excluding hydrogens is 294 g/mol. The van der Waals surface area contributed by atoms with Crippen LogP contribution in [0, 0.1) is 6.92 Å². The van der Waals surface area contributed by atoms with E-state index in [0.717, 1.165) is 33.7 Å². The maximum Gasteiger partial charge on any atom is 0.146 e. The fourth-order valence-corrected chi connectivity index (χ4v) is 2.24. The lowest BCUT2D eigenvalue weighted by molar-refractivity contribution is 0.266. The van der Waals surface area contributed by atoms with Gasteiger partial charge in [-0.1, -0.05) is 15.9 Å². The molecule has 0 saturated heterocycles. The number of ether oxygens (including phenoxy) is 1. The van der Waals surface area contributed by atoms with Gasteiger partial charge in [0.05, 0.1) is 6.26 Å². The number of nitrogens with one attached hydrogen (secondary N) is 1. The summed E-state index contributed by atoms with van der Waals surface area (Å²) in [5.41, 5.74) is 2.23. The summed E-state index contributed by atoms with van der Waals surface area (Å²) in [6.07, 6.45) is 1.69. The number of rotatable bonds is 5. The van der Waals surface area contributed by atoms with Gasteiger partial charge >= 0.3 is 0 Å². The molecule has 2 aromatic rings. The highest BCUT2D eigenvalue weighted by Crippen LogP contribution is 2.23. The second kappa shape index (κ2) is 6.07. The normalized spacial score (nSPS) is 10.6. The smallest absolute Gasteiger partial charge is 0.146 e. The van der Waals surface area contributed by atoms with Gasteiger partial charge in [-0.05, 0) is 43.8 Å². The molecule has 96 valence electrons. The third-order valence-corrected chi connectivity index (χ3v) is 3.19. The number of hydrogen-bond donors (Lipinski definition) is 1. The summed E-state index contributed by atoms with van der Waals surface area (Å²) in [6, 6.07) is 7.93. The largest absolute Gasteiger partial charge is 0.485 e. The molecule has 0 saturated carbocycles. The number of halogens is 1. The van der Waals surface area contributed by atoms with E-state index in [1.165, 1.54) is 0 Å². The molecule has 0 unspecified atom stereocenters. The number of benzene rings is 1. The lowest BCUT2D eigenvalue weighted by atomic mass is 10.2. The Bertz CT molecular complexity index is 522. The van der Waals surface area contributed by atoms with Crippen LogP contribution >= 0.6 is 15.9 Å². The molecule has 0 bridgehead atoms. The van der Waals surface area contributed by atoms with Gasteiger partial charge in [-0.3, -0.25) is 0 Å². The first-order chi connectivity index (χ1) is 8.70. The second-order valence-corrected chi connectivity index (χ2v) is 5.01. The Morgan fingerprint density at radius 2 is 2.17 bits per heavy atom. The van der Waals surface area contributed by atoms with E-state index in [0.29, 0.717) is 6.61 Å². The van der Waals surface area contributed by atoms with E-state index in [9.17, 15) is 0 Å². The van der Waals surface area contributed by atoms with Gasteiger partial charge in [0.25, 0.3) is 0 Å². The number of furan rings is 1. The monoisotopic (exact) mass is 309 g/mol. The lowest BCUT2D eigenvalue weighted by Crippen LogP contribution is -2.07. The van der Waals surface area contributed by atoms with Crippen LogP contribution in [0.1, 0.15) is 16.9 Å². The first kappa shape index (κ1) is 13.2. The molecule has 0 aliphatic rings. The molecule has 4 heteroatoms. The fourth-order valence-electron chi connectivity index (χ4n) is 1.76. The van der Waals surface area contributed by atoms with Gasteiger partial charge in [0.15, 0.2) is 0 Å². The van der Waals surface area contributed by atoms with Gasteiger partial charge in [0, 0.05) is 16.6 Å². The van der Waals surface area contributed by atoms with Gasteiger partial charge < -0.3 is 14.5 Å². The Morgan fingerprint density at radius 3 is 2.89 bits per heavy atom. The summed E-state index contributed by atoms with van der Waals surface area (Å²) in [7, 11) is 1.91. The first-order valence-electron chi connectivity index (χ1n) is 5.79. The predicted octanol–water partition coefficient (Wildman–Crippen LogP) is 3.65. The molecule has 0 aliphatic heterocycles. The second-order valence-electron chi connectivity index (χ2n) is 4.10. The van der Waals surface area contributed by atoms with Crippen LogP contribution in [0.2, 0.25) is 0 Å². The predicted molar refractivity (Wildman–Crippen MR) is 74.7 cm³/mol. The van der Waals surface area contributed by atoms with Crippen molar-refractivity contribution >= 4 is 15.9 Å². The van der Waals surface area contributed by atoms with Gasteiger partial charge in [0.1, 0.15) is 18.1 Å². The summed E-state index contributed by atoms with van der Waals surface area (Å²) in [5, 5.41) is 3.11. The number of hydrogen-bond acceptors (Lipinski definition) is 3. The zero-order chi connectivity index (χ0) is 13.0. The topological polar surface area (TPSA) is 34.4 Å². The fraction of sp³-hybridized carbons (Fsp3) is 0.286. The van der Waals surface area contributed by atoms with Crippen LogP contribution in [0.15, 0.2) is 39.4 Å². The molecule has 0 fully saturated rings. The molecule has 0 atom stereocenters. The standard InChI is InChI=1S/C14H16BrNO2/c1-10-7-12(15)3-4-13(10)18-9-14-11(8-16-2)5-6-17-14/h3-7,16H,8-9H2,1-2H3. The zero-order valence-corrected chi connectivity index (χ0v) is 12.1. The van der Waals surface area contributed by atoms with Crippen molar-refractivity contribution in [2.75, 3.05) is 7.05 Å². The molecular formula is C14H16BrNO2. The van der Waals surface area contributed by atoms with Crippen molar-refractivity contribution in [3.05, 3.63) is 51.9 Å². The lowest BCUT2D eigenvalue weighted by Gasteiger charge is -2.09. The van der Waals surface area contributed by atoms with E-state index in [4.69, 9.17) is 9.15 Å². The molecule has 18 heavy (non-hydrogen) atoms. The van der Waals surface area contributed by atoms with Crippen molar-refractivity contribution in [1.29, 1.82) is 0 Å². The maximum atomic E-state index is 5.78. The first-order valence-corrected chi connectivity index (χ1v) is 6.59. The van der Waals surface area contributed by atoms with Crippen LogP contribution in [-0.2, 0) is 13.2 Å². The molecule has 1 aromatic carbocycles. The van der Waals surface area contributed by atoms with Crippen molar-refractivity contribution in [2.24, 2.45) is 0 Å². The van der Waals surface area contributed by atoms with Crippen LogP contribution in [-0.4, -0.2) is 7.05 Å². The minimum atomic E-state index is 0.451.